The summed E-state index contributed by atoms with van der Waals surface area (Å²) in [7, 11) is 0. The van der Waals surface area contributed by atoms with E-state index in [1.54, 1.807) is 6.92 Å². The van der Waals surface area contributed by atoms with Crippen molar-refractivity contribution in [2.75, 3.05) is 6.61 Å². The second kappa shape index (κ2) is 7.46. The molecule has 5 heteroatoms. The van der Waals surface area contributed by atoms with Gasteiger partial charge in [-0.1, -0.05) is 6.92 Å². The van der Waals surface area contributed by atoms with E-state index in [9.17, 15) is 14.7 Å². The van der Waals surface area contributed by atoms with Gasteiger partial charge in [-0.05, 0) is 18.8 Å². The molecule has 2 atom stereocenters. The maximum atomic E-state index is 10.8. The zero-order valence-electron chi connectivity index (χ0n) is 8.18. The van der Waals surface area contributed by atoms with Crippen LogP contribution >= 0.6 is 0 Å². The molecule has 14 heavy (non-hydrogen) atoms. The second-order valence-corrected chi connectivity index (χ2v) is 3.20. The molecule has 0 aliphatic carbocycles. The van der Waals surface area contributed by atoms with Gasteiger partial charge in [-0.3, -0.25) is 9.59 Å². The molecular weight excluding hydrogens is 188 g/mol. The van der Waals surface area contributed by atoms with Crippen LogP contribution in [0.1, 0.15) is 26.2 Å². The summed E-state index contributed by atoms with van der Waals surface area (Å²) in [6.45, 7) is 1.89. The van der Waals surface area contributed by atoms with Crippen molar-refractivity contribution in [1.29, 1.82) is 0 Å². The average Bonchev–Trinajstić information content (AvgIpc) is 2.14. The van der Waals surface area contributed by atoms with E-state index in [1.165, 1.54) is 0 Å². The van der Waals surface area contributed by atoms with E-state index in [2.05, 4.69) is 4.74 Å². The van der Waals surface area contributed by atoms with Crippen LogP contribution in [-0.4, -0.2) is 35.4 Å². The Morgan fingerprint density at radius 2 is 2.21 bits per heavy atom. The summed E-state index contributed by atoms with van der Waals surface area (Å²) in [6.07, 6.45) is 0.201. The van der Waals surface area contributed by atoms with Crippen molar-refractivity contribution in [3.05, 3.63) is 0 Å². The van der Waals surface area contributed by atoms with Gasteiger partial charge >= 0.3 is 12.4 Å². The smallest absolute Gasteiger partial charge is 0.315 e. The highest BCUT2D eigenvalue weighted by molar-refractivity contribution is 5.76. The Bertz CT molecular complexity index is 180. The van der Waals surface area contributed by atoms with Gasteiger partial charge in [0.25, 0.3) is 0 Å². The van der Waals surface area contributed by atoms with Gasteiger partial charge in [0.05, 0.1) is 12.5 Å². The molecule has 0 rings (SSSR count). The van der Waals surface area contributed by atoms with E-state index >= 15 is 0 Å². The summed E-state index contributed by atoms with van der Waals surface area (Å²) in [5.74, 6) is -0.829. The maximum absolute atomic E-state index is 10.8. The van der Waals surface area contributed by atoms with Gasteiger partial charge in [-0.2, -0.15) is 0 Å². The highest BCUT2D eigenvalue weighted by Crippen LogP contribution is 2.13. The third-order valence-electron chi connectivity index (χ3n) is 2.03. The van der Waals surface area contributed by atoms with Gasteiger partial charge in [0.15, 0.2) is 0 Å². The molecule has 82 valence electrons. The normalized spacial score (nSPS) is 14.5. The summed E-state index contributed by atoms with van der Waals surface area (Å²) in [5, 5.41) is 18.0. The van der Waals surface area contributed by atoms with E-state index in [-0.39, 0.29) is 25.4 Å². The van der Waals surface area contributed by atoms with Crippen molar-refractivity contribution < 1.29 is 24.5 Å². The predicted molar refractivity (Wildman–Crippen MR) is 48.3 cm³/mol. The summed E-state index contributed by atoms with van der Waals surface area (Å²) >= 11 is 0. The number of carbonyl (C=O) groups excluding carboxylic acids is 2. The molecule has 2 N–H and O–H groups in total. The lowest BCUT2D eigenvalue weighted by molar-refractivity contribution is -0.153. The molecule has 0 bridgehead atoms. The SMILES string of the molecule is CC(CCCO)C(O)CC(=O)OC=O. The lowest BCUT2D eigenvalue weighted by atomic mass is 9.97. The quantitative estimate of drug-likeness (QED) is 0.342. The van der Waals surface area contributed by atoms with Gasteiger partial charge in [0.2, 0.25) is 0 Å². The average molecular weight is 204 g/mol. The fraction of sp³-hybridized carbons (Fsp3) is 0.778. The Hall–Kier alpha value is -0.940. The highest BCUT2D eigenvalue weighted by atomic mass is 16.6. The van der Waals surface area contributed by atoms with E-state index in [1.807, 2.05) is 0 Å². The fourth-order valence-electron chi connectivity index (χ4n) is 1.08. The second-order valence-electron chi connectivity index (χ2n) is 3.20. The van der Waals surface area contributed by atoms with Gasteiger partial charge in [-0.25, -0.2) is 0 Å². The van der Waals surface area contributed by atoms with Crippen LogP contribution in [0.3, 0.4) is 0 Å². The molecule has 0 spiro atoms. The number of carbonyl (C=O) groups is 2. The maximum Gasteiger partial charge on any atom is 0.315 e. The first-order valence-corrected chi connectivity index (χ1v) is 4.53. The predicted octanol–water partition coefficient (Wildman–Crippen LogP) is -0.154. The number of hydrogen-bond donors (Lipinski definition) is 2. The van der Waals surface area contributed by atoms with Crippen LogP contribution in [0.4, 0.5) is 0 Å². The Morgan fingerprint density at radius 1 is 1.57 bits per heavy atom. The molecule has 0 heterocycles. The summed E-state index contributed by atoms with van der Waals surface area (Å²) < 4.78 is 4.04. The lowest BCUT2D eigenvalue weighted by Crippen LogP contribution is -2.22. The number of aliphatic hydroxyl groups excluding tert-OH is 2. The number of hydrogen-bond acceptors (Lipinski definition) is 5. The molecule has 0 amide bonds. The molecule has 2 unspecified atom stereocenters. The standard InChI is InChI=1S/C9H16O5/c1-7(3-2-4-10)8(12)5-9(13)14-6-11/h6-8,10,12H,2-5H2,1H3. The zero-order valence-corrected chi connectivity index (χ0v) is 8.18. The van der Waals surface area contributed by atoms with Gasteiger partial charge in [0, 0.05) is 6.61 Å². The van der Waals surface area contributed by atoms with Crippen molar-refractivity contribution in [1.82, 2.24) is 0 Å². The van der Waals surface area contributed by atoms with Crippen LogP contribution in [0, 0.1) is 5.92 Å². The van der Waals surface area contributed by atoms with Crippen LogP contribution in [0.5, 0.6) is 0 Å². The minimum absolute atomic E-state index is 0.0491. The molecule has 0 saturated heterocycles. The topological polar surface area (TPSA) is 83.8 Å². The molecular formula is C9H16O5. The molecule has 0 aliphatic rings. The Kier molecular flexibility index (Phi) is 6.96. The number of ether oxygens (including phenoxy) is 1. The molecule has 0 aliphatic heterocycles. The van der Waals surface area contributed by atoms with E-state index in [0.29, 0.717) is 12.8 Å². The molecule has 0 aromatic heterocycles. The monoisotopic (exact) mass is 204 g/mol. The molecule has 0 saturated carbocycles. The van der Waals surface area contributed by atoms with E-state index < -0.39 is 12.1 Å². The highest BCUT2D eigenvalue weighted by Gasteiger charge is 2.18. The van der Waals surface area contributed by atoms with E-state index in [0.717, 1.165) is 0 Å². The van der Waals surface area contributed by atoms with Crippen LogP contribution in [0.15, 0.2) is 0 Å². The first-order valence-electron chi connectivity index (χ1n) is 4.53. The van der Waals surface area contributed by atoms with Crippen LogP contribution in [-0.2, 0) is 14.3 Å². The van der Waals surface area contributed by atoms with Crippen LogP contribution < -0.4 is 0 Å². The number of esters is 1. The Balaban J connectivity index is 3.75. The van der Waals surface area contributed by atoms with Crippen molar-refractivity contribution >= 4 is 12.4 Å². The fourth-order valence-corrected chi connectivity index (χ4v) is 1.08. The summed E-state index contributed by atoms with van der Waals surface area (Å²) in [4.78, 5) is 20.5. The van der Waals surface area contributed by atoms with E-state index in [4.69, 9.17) is 5.11 Å². The molecule has 5 nitrogen and oxygen atoms in total. The van der Waals surface area contributed by atoms with Crippen molar-refractivity contribution in [3.63, 3.8) is 0 Å². The number of aliphatic hydroxyl groups is 2. The number of rotatable bonds is 7. The first kappa shape index (κ1) is 13.1. The summed E-state index contributed by atoms with van der Waals surface area (Å²) in [6, 6.07) is 0. The third-order valence-corrected chi connectivity index (χ3v) is 2.03. The molecule has 0 aromatic rings. The zero-order chi connectivity index (χ0) is 11.0. The Morgan fingerprint density at radius 3 is 2.71 bits per heavy atom. The third kappa shape index (κ3) is 5.66. The van der Waals surface area contributed by atoms with Crippen molar-refractivity contribution in [3.8, 4) is 0 Å². The van der Waals surface area contributed by atoms with Gasteiger partial charge in [-0.15, -0.1) is 0 Å². The molecule has 0 fully saturated rings. The van der Waals surface area contributed by atoms with Crippen LogP contribution in [0.25, 0.3) is 0 Å². The van der Waals surface area contributed by atoms with Crippen molar-refractivity contribution in [2.24, 2.45) is 5.92 Å². The Labute approximate surface area is 82.7 Å². The van der Waals surface area contributed by atoms with Crippen molar-refractivity contribution in [2.45, 2.75) is 32.3 Å². The minimum Gasteiger partial charge on any atom is -0.396 e. The largest absolute Gasteiger partial charge is 0.396 e. The van der Waals surface area contributed by atoms with Gasteiger partial charge in [0.1, 0.15) is 0 Å². The summed E-state index contributed by atoms with van der Waals surface area (Å²) in [5.41, 5.74) is 0. The minimum atomic E-state index is -0.825. The molecule has 0 radical (unpaired) electrons. The molecule has 0 aromatic carbocycles. The lowest BCUT2D eigenvalue weighted by Gasteiger charge is -2.16. The van der Waals surface area contributed by atoms with Crippen LogP contribution in [0.2, 0.25) is 0 Å². The van der Waals surface area contributed by atoms with Gasteiger partial charge < -0.3 is 14.9 Å². The first-order chi connectivity index (χ1) is 6.61.